The minimum atomic E-state index is -3.97. The van der Waals surface area contributed by atoms with E-state index >= 15 is 0 Å². The van der Waals surface area contributed by atoms with E-state index in [0.717, 1.165) is 5.56 Å². The Balaban J connectivity index is 1.99. The Kier molecular flexibility index (Phi) is 4.87. The van der Waals surface area contributed by atoms with Crippen LogP contribution in [-0.4, -0.2) is 23.3 Å². The summed E-state index contributed by atoms with van der Waals surface area (Å²) in [6.07, 6.45) is 0. The third kappa shape index (κ3) is 3.88. The standard InChI is InChI=1S/C21H16ClN3O3S/c22-16-10-8-14(9-11-16)20-13-18(15-4-3-5-17(26)12-15)24-25(20)19-6-1-2-7-21(19)29(23,27)28/h1-13,26H,(H2,23,27,28). The second kappa shape index (κ2) is 7.36. The SMILES string of the molecule is NS(=O)(=O)c1ccccc1-n1nc(-c2cccc(O)c2)cc1-c1ccc(Cl)cc1. The minimum Gasteiger partial charge on any atom is -0.508 e. The number of para-hydroxylation sites is 1. The first-order valence-corrected chi connectivity index (χ1v) is 10.5. The molecule has 0 aliphatic rings. The Morgan fingerprint density at radius 2 is 1.62 bits per heavy atom. The molecule has 0 unspecified atom stereocenters. The normalized spacial score (nSPS) is 11.5. The lowest BCUT2D eigenvalue weighted by Gasteiger charge is -2.11. The quantitative estimate of drug-likeness (QED) is 0.511. The van der Waals surface area contributed by atoms with Crippen molar-refractivity contribution in [3.8, 4) is 34.0 Å². The molecule has 0 saturated carbocycles. The summed E-state index contributed by atoms with van der Waals surface area (Å²) in [5.41, 5.74) is 3.02. The highest BCUT2D eigenvalue weighted by atomic mass is 35.5. The molecule has 29 heavy (non-hydrogen) atoms. The van der Waals surface area contributed by atoms with Crippen LogP contribution in [0.4, 0.5) is 0 Å². The molecule has 0 aliphatic carbocycles. The number of halogens is 1. The van der Waals surface area contributed by atoms with Crippen molar-refractivity contribution in [1.82, 2.24) is 9.78 Å². The fraction of sp³-hybridized carbons (Fsp3) is 0. The number of primary sulfonamides is 1. The number of aromatic hydroxyl groups is 1. The predicted molar refractivity (Wildman–Crippen MR) is 112 cm³/mol. The van der Waals surface area contributed by atoms with Gasteiger partial charge in [-0.25, -0.2) is 18.2 Å². The summed E-state index contributed by atoms with van der Waals surface area (Å²) in [7, 11) is -3.97. The molecule has 6 nitrogen and oxygen atoms in total. The molecule has 0 radical (unpaired) electrons. The van der Waals surface area contributed by atoms with E-state index in [0.29, 0.717) is 27.7 Å². The van der Waals surface area contributed by atoms with Gasteiger partial charge in [-0.2, -0.15) is 5.10 Å². The van der Waals surface area contributed by atoms with Gasteiger partial charge in [-0.1, -0.05) is 48.0 Å². The highest BCUT2D eigenvalue weighted by molar-refractivity contribution is 7.89. The number of phenols is 1. The molecule has 0 bridgehead atoms. The Morgan fingerprint density at radius 1 is 0.897 bits per heavy atom. The van der Waals surface area contributed by atoms with Crippen LogP contribution in [0.2, 0.25) is 5.02 Å². The molecule has 4 rings (SSSR count). The van der Waals surface area contributed by atoms with Gasteiger partial charge < -0.3 is 5.11 Å². The number of nitrogens with zero attached hydrogens (tertiary/aromatic N) is 2. The van der Waals surface area contributed by atoms with E-state index in [1.807, 2.05) is 24.3 Å². The van der Waals surface area contributed by atoms with Crippen LogP contribution < -0.4 is 5.14 Å². The van der Waals surface area contributed by atoms with Crippen molar-refractivity contribution in [2.75, 3.05) is 0 Å². The summed E-state index contributed by atoms with van der Waals surface area (Å²) in [6, 6.07) is 22.0. The molecule has 1 aromatic heterocycles. The van der Waals surface area contributed by atoms with Crippen LogP contribution in [0, 0.1) is 0 Å². The van der Waals surface area contributed by atoms with Crippen LogP contribution in [-0.2, 0) is 10.0 Å². The monoisotopic (exact) mass is 425 g/mol. The van der Waals surface area contributed by atoms with Gasteiger partial charge in [0, 0.05) is 16.1 Å². The van der Waals surface area contributed by atoms with E-state index in [1.165, 1.54) is 10.7 Å². The van der Waals surface area contributed by atoms with E-state index in [2.05, 4.69) is 5.10 Å². The molecular weight excluding hydrogens is 410 g/mol. The molecule has 8 heteroatoms. The second-order valence-corrected chi connectivity index (χ2v) is 8.36. The Morgan fingerprint density at radius 3 is 2.31 bits per heavy atom. The van der Waals surface area contributed by atoms with Crippen molar-refractivity contribution in [2.45, 2.75) is 4.90 Å². The molecule has 0 atom stereocenters. The van der Waals surface area contributed by atoms with Gasteiger partial charge in [0.15, 0.2) is 0 Å². The number of rotatable bonds is 4. The molecule has 1 heterocycles. The zero-order valence-electron chi connectivity index (χ0n) is 15.0. The average Bonchev–Trinajstić information content (AvgIpc) is 3.13. The topological polar surface area (TPSA) is 98.2 Å². The number of phenolic OH excluding ortho intramolecular Hbond substituents is 1. The van der Waals surface area contributed by atoms with Gasteiger partial charge in [-0.05, 0) is 42.5 Å². The predicted octanol–water partition coefficient (Wildman–Crippen LogP) is 4.21. The van der Waals surface area contributed by atoms with Crippen LogP contribution in [0.15, 0.2) is 83.8 Å². The number of nitrogens with two attached hydrogens (primary N) is 1. The minimum absolute atomic E-state index is 0.0410. The van der Waals surface area contributed by atoms with Gasteiger partial charge in [0.25, 0.3) is 0 Å². The Labute approximate surface area is 172 Å². The van der Waals surface area contributed by atoms with Crippen LogP contribution >= 0.6 is 11.6 Å². The third-order valence-electron chi connectivity index (χ3n) is 4.39. The van der Waals surface area contributed by atoms with Gasteiger partial charge in [0.1, 0.15) is 10.6 Å². The average molecular weight is 426 g/mol. The summed E-state index contributed by atoms with van der Waals surface area (Å²) < 4.78 is 25.8. The third-order valence-corrected chi connectivity index (χ3v) is 5.60. The Hall–Kier alpha value is -3.13. The summed E-state index contributed by atoms with van der Waals surface area (Å²) in [4.78, 5) is -0.0410. The fourth-order valence-electron chi connectivity index (χ4n) is 3.07. The summed E-state index contributed by atoms with van der Waals surface area (Å²) in [6.45, 7) is 0. The highest BCUT2D eigenvalue weighted by Crippen LogP contribution is 2.32. The van der Waals surface area contributed by atoms with Crippen molar-refractivity contribution < 1.29 is 13.5 Å². The van der Waals surface area contributed by atoms with E-state index < -0.39 is 10.0 Å². The van der Waals surface area contributed by atoms with Crippen LogP contribution in [0.5, 0.6) is 5.75 Å². The summed E-state index contributed by atoms with van der Waals surface area (Å²) in [5.74, 6) is 0.107. The number of aromatic nitrogens is 2. The zero-order valence-corrected chi connectivity index (χ0v) is 16.6. The molecule has 0 aliphatic heterocycles. The van der Waals surface area contributed by atoms with Crippen LogP contribution in [0.1, 0.15) is 0 Å². The highest BCUT2D eigenvalue weighted by Gasteiger charge is 2.20. The van der Waals surface area contributed by atoms with Crippen molar-refractivity contribution in [3.05, 3.63) is 83.9 Å². The van der Waals surface area contributed by atoms with Crippen molar-refractivity contribution in [1.29, 1.82) is 0 Å². The molecule has 3 aromatic carbocycles. The van der Waals surface area contributed by atoms with Gasteiger partial charge in [-0.3, -0.25) is 0 Å². The molecule has 0 fully saturated rings. The molecule has 3 N–H and O–H groups in total. The zero-order chi connectivity index (χ0) is 20.6. The second-order valence-electron chi connectivity index (χ2n) is 6.40. The number of benzene rings is 3. The van der Waals surface area contributed by atoms with Crippen LogP contribution in [0.3, 0.4) is 0 Å². The lowest BCUT2D eigenvalue weighted by molar-refractivity contribution is 0.475. The van der Waals surface area contributed by atoms with Gasteiger partial charge in [0.05, 0.1) is 17.1 Å². The maximum atomic E-state index is 12.1. The largest absolute Gasteiger partial charge is 0.508 e. The number of hydrogen-bond acceptors (Lipinski definition) is 4. The molecule has 0 spiro atoms. The lowest BCUT2D eigenvalue weighted by atomic mass is 10.1. The van der Waals surface area contributed by atoms with E-state index in [9.17, 15) is 13.5 Å². The van der Waals surface area contributed by atoms with Crippen LogP contribution in [0.25, 0.3) is 28.2 Å². The Bertz CT molecular complexity index is 1300. The first-order valence-electron chi connectivity index (χ1n) is 8.60. The lowest BCUT2D eigenvalue weighted by Crippen LogP contribution is -2.16. The molecule has 0 saturated heterocycles. The fourth-order valence-corrected chi connectivity index (χ4v) is 3.91. The first-order chi connectivity index (χ1) is 13.8. The van der Waals surface area contributed by atoms with Gasteiger partial charge in [-0.15, -0.1) is 0 Å². The maximum absolute atomic E-state index is 12.1. The van der Waals surface area contributed by atoms with Crippen molar-refractivity contribution >= 4 is 21.6 Å². The van der Waals surface area contributed by atoms with E-state index in [4.69, 9.17) is 16.7 Å². The first kappa shape index (κ1) is 19.2. The van der Waals surface area contributed by atoms with E-state index in [1.54, 1.807) is 48.5 Å². The molecular formula is C21H16ClN3O3S. The number of hydrogen-bond donors (Lipinski definition) is 2. The summed E-state index contributed by atoms with van der Waals surface area (Å²) in [5, 5.41) is 20.4. The maximum Gasteiger partial charge on any atom is 0.240 e. The van der Waals surface area contributed by atoms with Gasteiger partial charge in [0.2, 0.25) is 10.0 Å². The molecule has 4 aromatic rings. The van der Waals surface area contributed by atoms with E-state index in [-0.39, 0.29) is 10.6 Å². The van der Waals surface area contributed by atoms with Gasteiger partial charge >= 0.3 is 0 Å². The van der Waals surface area contributed by atoms with Crippen molar-refractivity contribution in [3.63, 3.8) is 0 Å². The molecule has 146 valence electrons. The van der Waals surface area contributed by atoms with Crippen molar-refractivity contribution in [2.24, 2.45) is 5.14 Å². The summed E-state index contributed by atoms with van der Waals surface area (Å²) >= 11 is 6.01. The number of sulfonamides is 1. The molecule has 0 amide bonds. The smallest absolute Gasteiger partial charge is 0.240 e.